The van der Waals surface area contributed by atoms with E-state index in [4.69, 9.17) is 23.2 Å². The molecule has 20 heavy (non-hydrogen) atoms. The van der Waals surface area contributed by atoms with Crippen molar-refractivity contribution in [3.63, 3.8) is 0 Å². The van der Waals surface area contributed by atoms with Crippen LogP contribution in [0.4, 0.5) is 5.69 Å². The van der Waals surface area contributed by atoms with E-state index in [0.717, 1.165) is 13.4 Å². The molecule has 1 aromatic heterocycles. The summed E-state index contributed by atoms with van der Waals surface area (Å²) < 4.78 is 2.35. The van der Waals surface area contributed by atoms with Crippen molar-refractivity contribution in [2.75, 3.05) is 5.32 Å². The van der Waals surface area contributed by atoms with Crippen LogP contribution in [0.25, 0.3) is 0 Å². The largest absolute Gasteiger partial charge is 0.320 e. The summed E-state index contributed by atoms with van der Waals surface area (Å²) in [6, 6.07) is 5.12. The molecule has 0 saturated carbocycles. The lowest BCUT2D eigenvalue weighted by Gasteiger charge is -2.10. The second-order valence-electron chi connectivity index (χ2n) is 3.70. The summed E-state index contributed by atoms with van der Waals surface area (Å²) in [6.45, 7) is 0. The highest BCUT2D eigenvalue weighted by atomic mass is 79.9. The monoisotopic (exact) mass is 500 g/mol. The molecule has 0 fully saturated rings. The van der Waals surface area contributed by atoms with Gasteiger partial charge in [0.2, 0.25) is 0 Å². The predicted octanol–water partition coefficient (Wildman–Crippen LogP) is 5.93. The van der Waals surface area contributed by atoms with Crippen LogP contribution in [0.3, 0.4) is 0 Å². The van der Waals surface area contributed by atoms with E-state index in [1.54, 1.807) is 0 Å². The van der Waals surface area contributed by atoms with Gasteiger partial charge in [0.25, 0.3) is 5.91 Å². The SMILES string of the molecule is O=C(Nc1c(Br)cc(Br)cc1Br)c1cnc(Cl)c(Cl)c1. The Labute approximate surface area is 150 Å². The molecule has 0 saturated heterocycles. The number of pyridine rings is 1. The molecule has 0 spiro atoms. The number of rotatable bonds is 2. The minimum absolute atomic E-state index is 0.161. The molecule has 1 N–H and O–H groups in total. The van der Waals surface area contributed by atoms with Crippen LogP contribution < -0.4 is 5.32 Å². The maximum atomic E-state index is 12.2. The van der Waals surface area contributed by atoms with Crippen molar-refractivity contribution in [3.05, 3.63) is 53.6 Å². The number of carbonyl (C=O) groups is 1. The van der Waals surface area contributed by atoms with Gasteiger partial charge in [-0.2, -0.15) is 0 Å². The van der Waals surface area contributed by atoms with E-state index >= 15 is 0 Å². The summed E-state index contributed by atoms with van der Waals surface area (Å²) in [7, 11) is 0. The second kappa shape index (κ2) is 6.75. The molecule has 2 aromatic rings. The number of hydrogen-bond acceptors (Lipinski definition) is 2. The van der Waals surface area contributed by atoms with E-state index in [1.807, 2.05) is 12.1 Å². The topological polar surface area (TPSA) is 42.0 Å². The Hall–Kier alpha value is -0.140. The number of halogens is 5. The molecular formula is C12H5Br3Cl2N2O. The Bertz CT molecular complexity index is 671. The van der Waals surface area contributed by atoms with Crippen LogP contribution in [0.15, 0.2) is 37.8 Å². The zero-order chi connectivity index (χ0) is 14.9. The van der Waals surface area contributed by atoms with Gasteiger partial charge in [-0.3, -0.25) is 4.79 Å². The standard InChI is InChI=1S/C12H5Br3Cl2N2O/c13-6-2-7(14)10(8(15)3-6)19-12(20)5-1-9(16)11(17)18-4-5/h1-4H,(H,19,20). The third kappa shape index (κ3) is 3.74. The molecule has 0 atom stereocenters. The van der Waals surface area contributed by atoms with Gasteiger partial charge in [0.05, 0.1) is 16.3 Å². The zero-order valence-electron chi connectivity index (χ0n) is 9.55. The number of nitrogens with zero attached hydrogens (tertiary/aromatic N) is 1. The lowest BCUT2D eigenvalue weighted by molar-refractivity contribution is 0.102. The fourth-order valence-electron chi connectivity index (χ4n) is 1.39. The summed E-state index contributed by atoms with van der Waals surface area (Å²) in [6.07, 6.45) is 1.37. The van der Waals surface area contributed by atoms with Crippen molar-refractivity contribution in [1.82, 2.24) is 4.98 Å². The van der Waals surface area contributed by atoms with E-state index in [2.05, 4.69) is 58.1 Å². The minimum atomic E-state index is -0.334. The van der Waals surface area contributed by atoms with Gasteiger partial charge in [0.15, 0.2) is 0 Å². The van der Waals surface area contributed by atoms with Crippen LogP contribution in [0.1, 0.15) is 10.4 Å². The fraction of sp³-hybridized carbons (Fsp3) is 0. The molecule has 0 radical (unpaired) electrons. The van der Waals surface area contributed by atoms with Crippen molar-refractivity contribution in [1.29, 1.82) is 0 Å². The number of amides is 1. The summed E-state index contributed by atoms with van der Waals surface area (Å²) in [5.74, 6) is -0.334. The van der Waals surface area contributed by atoms with E-state index < -0.39 is 0 Å². The molecule has 0 unspecified atom stereocenters. The summed E-state index contributed by atoms with van der Waals surface area (Å²) in [4.78, 5) is 16.0. The highest BCUT2D eigenvalue weighted by Crippen LogP contribution is 2.34. The van der Waals surface area contributed by atoms with Gasteiger partial charge >= 0.3 is 0 Å². The molecule has 104 valence electrons. The Morgan fingerprint density at radius 1 is 1.10 bits per heavy atom. The normalized spacial score (nSPS) is 10.4. The van der Waals surface area contributed by atoms with E-state index in [-0.39, 0.29) is 16.1 Å². The molecule has 8 heteroatoms. The molecule has 1 amide bonds. The molecule has 0 aliphatic heterocycles. The van der Waals surface area contributed by atoms with Gasteiger partial charge in [-0.25, -0.2) is 4.98 Å². The maximum absolute atomic E-state index is 12.2. The first-order valence-electron chi connectivity index (χ1n) is 5.15. The number of nitrogens with one attached hydrogen (secondary N) is 1. The molecule has 3 nitrogen and oxygen atoms in total. The minimum Gasteiger partial charge on any atom is -0.320 e. The highest BCUT2D eigenvalue weighted by molar-refractivity contribution is 9.11. The summed E-state index contributed by atoms with van der Waals surface area (Å²) >= 11 is 21.7. The molecular weight excluding hydrogens is 499 g/mol. The smallest absolute Gasteiger partial charge is 0.257 e. The number of hydrogen-bond donors (Lipinski definition) is 1. The Morgan fingerprint density at radius 3 is 2.25 bits per heavy atom. The molecule has 0 bridgehead atoms. The number of benzene rings is 1. The average molecular weight is 504 g/mol. The highest BCUT2D eigenvalue weighted by Gasteiger charge is 2.13. The number of aromatic nitrogens is 1. The number of anilines is 1. The number of carbonyl (C=O) groups excluding carboxylic acids is 1. The quantitative estimate of drug-likeness (QED) is 0.516. The van der Waals surface area contributed by atoms with Crippen LogP contribution in [0.2, 0.25) is 10.2 Å². The maximum Gasteiger partial charge on any atom is 0.257 e. The third-order valence-corrected chi connectivity index (χ3v) is 4.70. The van der Waals surface area contributed by atoms with Gasteiger partial charge in [-0.1, -0.05) is 39.1 Å². The van der Waals surface area contributed by atoms with E-state index in [1.165, 1.54) is 12.3 Å². The van der Waals surface area contributed by atoms with Crippen LogP contribution in [0.5, 0.6) is 0 Å². The lowest BCUT2D eigenvalue weighted by atomic mass is 10.2. The lowest BCUT2D eigenvalue weighted by Crippen LogP contribution is -2.13. The van der Waals surface area contributed by atoms with Crippen molar-refractivity contribution in [2.24, 2.45) is 0 Å². The summed E-state index contributed by atoms with van der Waals surface area (Å²) in [5, 5.41) is 3.16. The van der Waals surface area contributed by atoms with E-state index in [9.17, 15) is 4.79 Å². The first-order chi connectivity index (χ1) is 9.38. The second-order valence-corrected chi connectivity index (χ2v) is 7.08. The molecule has 2 rings (SSSR count). The predicted molar refractivity (Wildman–Crippen MR) is 91.8 cm³/mol. The van der Waals surface area contributed by atoms with E-state index in [0.29, 0.717) is 11.3 Å². The van der Waals surface area contributed by atoms with Gasteiger partial charge in [0, 0.05) is 19.6 Å². The molecule has 1 heterocycles. The van der Waals surface area contributed by atoms with Crippen LogP contribution >= 0.6 is 71.0 Å². The van der Waals surface area contributed by atoms with Crippen LogP contribution in [0, 0.1) is 0 Å². The zero-order valence-corrected chi connectivity index (χ0v) is 15.8. The van der Waals surface area contributed by atoms with Crippen LogP contribution in [-0.4, -0.2) is 10.9 Å². The van der Waals surface area contributed by atoms with Crippen LogP contribution in [-0.2, 0) is 0 Å². The van der Waals surface area contributed by atoms with Crippen molar-refractivity contribution >= 4 is 82.6 Å². The fourth-order valence-corrected chi connectivity index (χ4v) is 4.12. The average Bonchev–Trinajstić information content (AvgIpc) is 2.36. The van der Waals surface area contributed by atoms with Crippen molar-refractivity contribution < 1.29 is 4.79 Å². The Kier molecular flexibility index (Phi) is 5.48. The third-order valence-electron chi connectivity index (χ3n) is 2.30. The van der Waals surface area contributed by atoms with Crippen molar-refractivity contribution in [3.8, 4) is 0 Å². The van der Waals surface area contributed by atoms with Gasteiger partial charge < -0.3 is 5.32 Å². The van der Waals surface area contributed by atoms with Crippen molar-refractivity contribution in [2.45, 2.75) is 0 Å². The Morgan fingerprint density at radius 2 is 1.70 bits per heavy atom. The molecule has 0 aliphatic rings. The van der Waals surface area contributed by atoms with Gasteiger partial charge in [0.1, 0.15) is 5.15 Å². The van der Waals surface area contributed by atoms with Gasteiger partial charge in [-0.15, -0.1) is 0 Å². The molecule has 0 aliphatic carbocycles. The first kappa shape index (κ1) is 16.2. The van der Waals surface area contributed by atoms with Gasteiger partial charge in [-0.05, 0) is 50.1 Å². The summed E-state index contributed by atoms with van der Waals surface area (Å²) in [5.41, 5.74) is 0.936. The molecule has 1 aromatic carbocycles. The Balaban J connectivity index is 2.30. The first-order valence-corrected chi connectivity index (χ1v) is 8.29.